The molecule has 0 bridgehead atoms. The number of nitrogens with one attached hydrogen (secondary N) is 1. The van der Waals surface area contributed by atoms with Crippen molar-refractivity contribution in [3.63, 3.8) is 0 Å². The van der Waals surface area contributed by atoms with Crippen LogP contribution < -0.4 is 14.2 Å². The minimum atomic E-state index is -0.290. The highest BCUT2D eigenvalue weighted by molar-refractivity contribution is 6.00. The van der Waals surface area contributed by atoms with Crippen LogP contribution in [0, 0.1) is 0 Å². The molecule has 2 heterocycles. The van der Waals surface area contributed by atoms with Crippen molar-refractivity contribution in [1.82, 2.24) is 15.1 Å². The summed E-state index contributed by atoms with van der Waals surface area (Å²) >= 11 is 0. The number of carbonyl (C=O) groups excluding carboxylic acids is 1. The molecule has 0 fully saturated rings. The Hall–Kier alpha value is -4.26. The van der Waals surface area contributed by atoms with Gasteiger partial charge in [-0.05, 0) is 72.5 Å². The van der Waals surface area contributed by atoms with Crippen molar-refractivity contribution in [3.8, 4) is 28.5 Å². The highest BCUT2D eigenvalue weighted by Gasteiger charge is 2.42. The number of hydrogen-bond donors (Lipinski definition) is 1. The largest absolute Gasteiger partial charge is 0.497 e. The van der Waals surface area contributed by atoms with E-state index < -0.39 is 0 Å². The van der Waals surface area contributed by atoms with Gasteiger partial charge in [-0.25, -0.2) is 0 Å². The summed E-state index contributed by atoms with van der Waals surface area (Å²) in [7, 11) is 3.30. The maximum absolute atomic E-state index is 13.7. The number of methoxy groups -OCH3 is 2. The number of H-pyrrole nitrogens is 1. The van der Waals surface area contributed by atoms with Crippen molar-refractivity contribution >= 4 is 5.91 Å². The van der Waals surface area contributed by atoms with Crippen LogP contribution in [0.3, 0.4) is 0 Å². The number of ether oxygens (including phenoxy) is 3. The van der Waals surface area contributed by atoms with Crippen molar-refractivity contribution in [1.29, 1.82) is 0 Å². The van der Waals surface area contributed by atoms with Gasteiger partial charge >= 0.3 is 0 Å². The van der Waals surface area contributed by atoms with Gasteiger partial charge < -0.3 is 19.1 Å². The molecule has 5 rings (SSSR count). The second-order valence-corrected chi connectivity index (χ2v) is 9.01. The van der Waals surface area contributed by atoms with Gasteiger partial charge in [-0.15, -0.1) is 0 Å². The molecule has 1 unspecified atom stereocenters. The molecule has 1 amide bonds. The number of fused-ring (bicyclic) bond motifs is 1. The van der Waals surface area contributed by atoms with E-state index in [9.17, 15) is 4.79 Å². The molecule has 3 aromatic carbocycles. The molecule has 1 N–H and O–H groups in total. The topological polar surface area (TPSA) is 76.7 Å². The van der Waals surface area contributed by atoms with Crippen LogP contribution in [0.1, 0.15) is 46.6 Å². The zero-order chi connectivity index (χ0) is 25.8. The molecule has 37 heavy (non-hydrogen) atoms. The molecule has 1 aromatic heterocycles. The molecular weight excluding hydrogens is 466 g/mol. The molecule has 0 saturated heterocycles. The predicted octanol–water partition coefficient (Wildman–Crippen LogP) is 5.67. The lowest BCUT2D eigenvalue weighted by atomic mass is 9.95. The van der Waals surface area contributed by atoms with Gasteiger partial charge in [0.2, 0.25) is 0 Å². The average molecular weight is 498 g/mol. The van der Waals surface area contributed by atoms with E-state index in [1.165, 1.54) is 0 Å². The van der Waals surface area contributed by atoms with Gasteiger partial charge in [-0.2, -0.15) is 5.10 Å². The zero-order valence-corrected chi connectivity index (χ0v) is 21.4. The highest BCUT2D eigenvalue weighted by Crippen LogP contribution is 2.43. The monoisotopic (exact) mass is 497 g/mol. The van der Waals surface area contributed by atoms with Crippen LogP contribution in [0.25, 0.3) is 11.3 Å². The van der Waals surface area contributed by atoms with Crippen LogP contribution in [0.2, 0.25) is 0 Å². The second kappa shape index (κ2) is 10.8. The first-order valence-corrected chi connectivity index (χ1v) is 12.5. The summed E-state index contributed by atoms with van der Waals surface area (Å²) < 4.78 is 16.5. The van der Waals surface area contributed by atoms with Crippen molar-refractivity contribution in [2.24, 2.45) is 0 Å². The molecule has 1 atom stereocenters. The standard InChI is InChI=1S/C30H31N3O4/c1-4-18-37-25-7-5-6-22(19-25)29-26-27(21-10-14-24(36-3)15-11-21)31-32-28(26)30(34)33(29)17-16-20-8-12-23(35-2)13-9-20/h5-15,19,29H,4,16-18H2,1-3H3,(H,31,32). The lowest BCUT2D eigenvalue weighted by Gasteiger charge is -2.27. The number of benzene rings is 3. The van der Waals surface area contributed by atoms with E-state index >= 15 is 0 Å². The third-order valence-corrected chi connectivity index (χ3v) is 6.67. The average Bonchev–Trinajstić information content (AvgIpc) is 3.49. The fraction of sp³-hybridized carbons (Fsp3) is 0.267. The number of amides is 1. The Morgan fingerprint density at radius 2 is 1.62 bits per heavy atom. The van der Waals surface area contributed by atoms with Crippen molar-refractivity contribution < 1.29 is 19.0 Å². The van der Waals surface area contributed by atoms with Gasteiger partial charge in [-0.3, -0.25) is 9.89 Å². The van der Waals surface area contributed by atoms with E-state index in [-0.39, 0.29) is 11.9 Å². The Kier molecular flexibility index (Phi) is 7.12. The fourth-order valence-corrected chi connectivity index (χ4v) is 4.78. The summed E-state index contributed by atoms with van der Waals surface area (Å²) in [6, 6.07) is 23.5. The van der Waals surface area contributed by atoms with E-state index in [0.717, 1.165) is 51.6 Å². The van der Waals surface area contributed by atoms with Gasteiger partial charge in [0.1, 0.15) is 22.9 Å². The van der Waals surface area contributed by atoms with Crippen molar-refractivity contribution in [2.75, 3.05) is 27.4 Å². The molecule has 7 nitrogen and oxygen atoms in total. The van der Waals surface area contributed by atoms with Crippen molar-refractivity contribution in [2.45, 2.75) is 25.8 Å². The van der Waals surface area contributed by atoms with Gasteiger partial charge in [0.15, 0.2) is 0 Å². The quantitative estimate of drug-likeness (QED) is 0.305. The summed E-state index contributed by atoms with van der Waals surface area (Å²) in [6.07, 6.45) is 1.64. The minimum absolute atomic E-state index is 0.0550. The number of hydrogen-bond acceptors (Lipinski definition) is 5. The SMILES string of the molecule is CCCOc1cccc(C2c3c(-c4ccc(OC)cc4)n[nH]c3C(=O)N2CCc2ccc(OC)cc2)c1. The number of carbonyl (C=O) groups is 1. The summed E-state index contributed by atoms with van der Waals surface area (Å²) in [5.41, 5.74) is 5.24. The van der Waals surface area contributed by atoms with Gasteiger partial charge in [-0.1, -0.05) is 31.2 Å². The first kappa shape index (κ1) is 24.4. The summed E-state index contributed by atoms with van der Waals surface area (Å²) in [5, 5.41) is 7.61. The molecule has 0 spiro atoms. The Bertz CT molecular complexity index is 1360. The number of aromatic nitrogens is 2. The Morgan fingerprint density at radius 1 is 0.919 bits per heavy atom. The third-order valence-electron chi connectivity index (χ3n) is 6.67. The molecule has 0 radical (unpaired) electrons. The molecule has 4 aromatic rings. The van der Waals surface area contributed by atoms with Crippen LogP contribution in [0.15, 0.2) is 72.8 Å². The summed E-state index contributed by atoms with van der Waals surface area (Å²) in [4.78, 5) is 15.6. The smallest absolute Gasteiger partial charge is 0.273 e. The van der Waals surface area contributed by atoms with E-state index in [0.29, 0.717) is 25.3 Å². The Morgan fingerprint density at radius 3 is 2.30 bits per heavy atom. The Balaban J connectivity index is 1.53. The minimum Gasteiger partial charge on any atom is -0.497 e. The molecular formula is C30H31N3O4. The molecule has 7 heteroatoms. The van der Waals surface area contributed by atoms with Gasteiger partial charge in [0.25, 0.3) is 5.91 Å². The summed E-state index contributed by atoms with van der Waals surface area (Å²) in [6.45, 7) is 3.28. The van der Waals surface area contributed by atoms with E-state index in [1.807, 2.05) is 71.6 Å². The fourth-order valence-electron chi connectivity index (χ4n) is 4.78. The number of rotatable bonds is 10. The number of nitrogens with zero attached hydrogens (tertiary/aromatic N) is 2. The third kappa shape index (κ3) is 4.89. The van der Waals surface area contributed by atoms with Crippen LogP contribution in [-0.4, -0.2) is 48.4 Å². The lowest BCUT2D eigenvalue weighted by Crippen LogP contribution is -2.31. The normalized spacial score (nSPS) is 14.5. The highest BCUT2D eigenvalue weighted by atomic mass is 16.5. The number of aromatic amines is 1. The maximum Gasteiger partial charge on any atom is 0.273 e. The van der Waals surface area contributed by atoms with Crippen LogP contribution in [0.4, 0.5) is 0 Å². The van der Waals surface area contributed by atoms with Crippen LogP contribution >= 0.6 is 0 Å². The van der Waals surface area contributed by atoms with Gasteiger partial charge in [0, 0.05) is 17.7 Å². The summed E-state index contributed by atoms with van der Waals surface area (Å²) in [5.74, 6) is 2.32. The van der Waals surface area contributed by atoms with Gasteiger partial charge in [0.05, 0.1) is 32.6 Å². The lowest BCUT2D eigenvalue weighted by molar-refractivity contribution is 0.0745. The first-order chi connectivity index (χ1) is 18.1. The maximum atomic E-state index is 13.7. The molecule has 190 valence electrons. The molecule has 0 aliphatic carbocycles. The second-order valence-electron chi connectivity index (χ2n) is 9.01. The van der Waals surface area contributed by atoms with E-state index in [1.54, 1.807) is 14.2 Å². The van der Waals surface area contributed by atoms with E-state index in [4.69, 9.17) is 14.2 Å². The molecule has 1 aliphatic rings. The van der Waals surface area contributed by atoms with Crippen molar-refractivity contribution in [3.05, 3.63) is 95.2 Å². The first-order valence-electron chi connectivity index (χ1n) is 12.5. The predicted molar refractivity (Wildman–Crippen MR) is 142 cm³/mol. The zero-order valence-electron chi connectivity index (χ0n) is 21.4. The van der Waals surface area contributed by atoms with E-state index in [2.05, 4.69) is 23.2 Å². The molecule has 1 aliphatic heterocycles. The molecule has 0 saturated carbocycles. The van der Waals surface area contributed by atoms with Crippen LogP contribution in [-0.2, 0) is 6.42 Å². The van der Waals surface area contributed by atoms with Crippen LogP contribution in [0.5, 0.6) is 17.2 Å². The Labute approximate surface area is 217 Å².